The summed E-state index contributed by atoms with van der Waals surface area (Å²) >= 11 is 1.59. The number of carbonyl (C=O) groups is 1. The van der Waals surface area contributed by atoms with Crippen molar-refractivity contribution in [2.24, 2.45) is 0 Å². The molecule has 1 amide bonds. The molecule has 3 heterocycles. The first-order chi connectivity index (χ1) is 17.7. The van der Waals surface area contributed by atoms with Crippen LogP contribution in [0.5, 0.6) is 0 Å². The van der Waals surface area contributed by atoms with Gasteiger partial charge in [-0.05, 0) is 72.2 Å². The van der Waals surface area contributed by atoms with Crippen LogP contribution >= 0.6 is 11.3 Å². The van der Waals surface area contributed by atoms with Gasteiger partial charge in [-0.15, -0.1) is 11.3 Å². The number of fused-ring (bicyclic) bond motifs is 2. The zero-order valence-electron chi connectivity index (χ0n) is 20.3. The van der Waals surface area contributed by atoms with Gasteiger partial charge in [0, 0.05) is 66.3 Å². The molecule has 0 bridgehead atoms. The highest BCUT2D eigenvalue weighted by molar-refractivity contribution is 7.17. The molecule has 4 aromatic rings. The van der Waals surface area contributed by atoms with Gasteiger partial charge in [-0.25, -0.2) is 4.39 Å². The number of halogens is 1. The summed E-state index contributed by atoms with van der Waals surface area (Å²) in [5, 5.41) is 3.19. The van der Waals surface area contributed by atoms with Crippen LogP contribution in [-0.4, -0.2) is 50.1 Å². The van der Waals surface area contributed by atoms with Crippen molar-refractivity contribution in [1.82, 2.24) is 4.90 Å². The molecule has 0 unspecified atom stereocenters. The molecule has 1 saturated heterocycles. The van der Waals surface area contributed by atoms with Crippen molar-refractivity contribution in [2.75, 3.05) is 49.1 Å². The largest absolute Gasteiger partial charge is 0.368 e. The second-order valence-electron chi connectivity index (χ2n) is 9.73. The van der Waals surface area contributed by atoms with Gasteiger partial charge in [-0.3, -0.25) is 9.69 Å². The van der Waals surface area contributed by atoms with E-state index in [1.54, 1.807) is 23.5 Å². The number of amides is 1. The van der Waals surface area contributed by atoms with E-state index < -0.39 is 0 Å². The van der Waals surface area contributed by atoms with Crippen LogP contribution in [0.3, 0.4) is 0 Å². The second-order valence-corrected chi connectivity index (χ2v) is 10.7. The Labute approximate surface area is 215 Å². The van der Waals surface area contributed by atoms with Gasteiger partial charge in [0.05, 0.1) is 0 Å². The minimum Gasteiger partial charge on any atom is -0.368 e. The Balaban J connectivity index is 1.10. The molecule has 0 atom stereocenters. The topological polar surface area (TPSA) is 26.8 Å². The van der Waals surface area contributed by atoms with Gasteiger partial charge in [0.2, 0.25) is 0 Å². The first-order valence-corrected chi connectivity index (χ1v) is 13.7. The molecule has 1 aromatic heterocycles. The molecule has 2 aliphatic heterocycles. The number of benzene rings is 3. The first-order valence-electron chi connectivity index (χ1n) is 12.8. The van der Waals surface area contributed by atoms with E-state index in [0.29, 0.717) is 0 Å². The van der Waals surface area contributed by atoms with Crippen LogP contribution in [0.2, 0.25) is 0 Å². The first kappa shape index (κ1) is 23.2. The molecule has 2 aliphatic rings. The van der Waals surface area contributed by atoms with Crippen molar-refractivity contribution < 1.29 is 9.18 Å². The van der Waals surface area contributed by atoms with Crippen molar-refractivity contribution in [3.8, 4) is 0 Å². The van der Waals surface area contributed by atoms with Crippen LogP contribution in [-0.2, 0) is 12.8 Å². The van der Waals surface area contributed by atoms with E-state index >= 15 is 0 Å². The summed E-state index contributed by atoms with van der Waals surface area (Å²) in [6.45, 7) is 5.48. The average molecular weight is 500 g/mol. The molecule has 1 fully saturated rings. The number of carbonyl (C=O) groups excluding carboxylic acids is 1. The van der Waals surface area contributed by atoms with Gasteiger partial charge in [0.1, 0.15) is 5.82 Å². The lowest BCUT2D eigenvalue weighted by molar-refractivity contribution is 0.0985. The van der Waals surface area contributed by atoms with Gasteiger partial charge in [-0.2, -0.15) is 0 Å². The number of rotatable bonds is 5. The van der Waals surface area contributed by atoms with Crippen LogP contribution in [0.1, 0.15) is 27.9 Å². The van der Waals surface area contributed by atoms with Crippen molar-refractivity contribution in [3.63, 3.8) is 0 Å². The van der Waals surface area contributed by atoms with Gasteiger partial charge in [0.15, 0.2) is 0 Å². The summed E-state index contributed by atoms with van der Waals surface area (Å²) in [4.78, 5) is 20.0. The summed E-state index contributed by atoms with van der Waals surface area (Å²) in [5.74, 6) is -0.0727. The maximum Gasteiger partial charge on any atom is 0.258 e. The predicted octanol–water partition coefficient (Wildman–Crippen LogP) is 6.00. The molecule has 6 heteroatoms. The van der Waals surface area contributed by atoms with E-state index in [-0.39, 0.29) is 11.7 Å². The van der Waals surface area contributed by atoms with Gasteiger partial charge in [-0.1, -0.05) is 30.3 Å². The highest BCUT2D eigenvalue weighted by atomic mass is 32.1. The minimum atomic E-state index is -0.158. The van der Waals surface area contributed by atoms with Crippen LogP contribution in [0.4, 0.5) is 15.8 Å². The summed E-state index contributed by atoms with van der Waals surface area (Å²) in [6.07, 6.45) is 2.97. The lowest BCUT2D eigenvalue weighted by Gasteiger charge is -2.36. The van der Waals surface area contributed by atoms with Crippen molar-refractivity contribution >= 4 is 38.7 Å². The molecule has 3 aromatic carbocycles. The number of nitrogens with zero attached hydrogens (tertiary/aromatic N) is 3. The lowest BCUT2D eigenvalue weighted by Crippen LogP contribution is -2.47. The van der Waals surface area contributed by atoms with Crippen LogP contribution in [0.25, 0.3) is 10.1 Å². The number of aryl methyl sites for hydroxylation is 1. The fraction of sp³-hybridized carbons (Fsp3) is 0.300. The number of anilines is 2. The van der Waals surface area contributed by atoms with Crippen molar-refractivity contribution in [3.05, 3.63) is 94.6 Å². The third-order valence-corrected chi connectivity index (χ3v) is 8.34. The maximum atomic E-state index is 14.2. The fourth-order valence-electron chi connectivity index (χ4n) is 5.50. The molecule has 36 heavy (non-hydrogen) atoms. The summed E-state index contributed by atoms with van der Waals surface area (Å²) in [6, 6.07) is 21.7. The summed E-state index contributed by atoms with van der Waals surface area (Å²) < 4.78 is 15.2. The van der Waals surface area contributed by atoms with E-state index in [0.717, 1.165) is 85.6 Å². The van der Waals surface area contributed by atoms with E-state index in [1.807, 2.05) is 40.6 Å². The van der Waals surface area contributed by atoms with Gasteiger partial charge < -0.3 is 9.80 Å². The Morgan fingerprint density at radius 1 is 0.889 bits per heavy atom. The predicted molar refractivity (Wildman–Crippen MR) is 147 cm³/mol. The van der Waals surface area contributed by atoms with Crippen molar-refractivity contribution in [2.45, 2.75) is 19.3 Å². The Bertz CT molecular complexity index is 1380. The Kier molecular flexibility index (Phi) is 6.46. The van der Waals surface area contributed by atoms with Gasteiger partial charge >= 0.3 is 0 Å². The molecule has 0 saturated carbocycles. The lowest BCUT2D eigenvalue weighted by atomic mass is 9.97. The average Bonchev–Trinajstić information content (AvgIpc) is 3.40. The third-order valence-electron chi connectivity index (χ3n) is 7.48. The Hall–Kier alpha value is -3.22. The van der Waals surface area contributed by atoms with E-state index in [2.05, 4.69) is 34.1 Å². The Morgan fingerprint density at radius 2 is 1.72 bits per heavy atom. The van der Waals surface area contributed by atoms with E-state index in [1.165, 1.54) is 11.1 Å². The van der Waals surface area contributed by atoms with Gasteiger partial charge in [0.25, 0.3) is 5.91 Å². The maximum absolute atomic E-state index is 14.2. The monoisotopic (exact) mass is 499 g/mol. The molecule has 0 aliphatic carbocycles. The third kappa shape index (κ3) is 4.63. The molecule has 0 spiro atoms. The Morgan fingerprint density at radius 3 is 2.56 bits per heavy atom. The summed E-state index contributed by atoms with van der Waals surface area (Å²) in [5.41, 5.74) is 5.37. The number of hydrogen-bond donors (Lipinski definition) is 0. The van der Waals surface area contributed by atoms with E-state index in [4.69, 9.17) is 0 Å². The second kappa shape index (κ2) is 10.0. The fourth-order valence-corrected chi connectivity index (χ4v) is 6.33. The van der Waals surface area contributed by atoms with Crippen molar-refractivity contribution in [1.29, 1.82) is 0 Å². The summed E-state index contributed by atoms with van der Waals surface area (Å²) in [7, 11) is 0. The zero-order valence-corrected chi connectivity index (χ0v) is 21.1. The highest BCUT2D eigenvalue weighted by Crippen LogP contribution is 2.33. The molecular formula is C30H30FN3OS. The van der Waals surface area contributed by atoms with Crippen LogP contribution < -0.4 is 9.80 Å². The molecule has 0 radical (unpaired) electrons. The normalized spacial score (nSPS) is 16.4. The highest BCUT2D eigenvalue weighted by Gasteiger charge is 2.24. The SMILES string of the molecule is O=C(c1ccccc1)N1CCCc2ccc(CCN3CCN(c4cc(F)cc5sccc45)CC3)cc21. The zero-order chi connectivity index (χ0) is 24.5. The molecule has 184 valence electrons. The number of piperazine rings is 1. The quantitative estimate of drug-likeness (QED) is 0.337. The minimum absolute atomic E-state index is 0.0851. The van der Waals surface area contributed by atoms with Crippen LogP contribution in [0.15, 0.2) is 72.1 Å². The molecule has 0 N–H and O–H groups in total. The smallest absolute Gasteiger partial charge is 0.258 e. The van der Waals surface area contributed by atoms with Crippen LogP contribution in [0, 0.1) is 5.82 Å². The standard InChI is InChI=1S/C30H30FN3OS/c31-25-20-28(26-11-18-36-29(26)21-25)33-16-14-32(15-17-33)13-10-22-8-9-23-7-4-12-34(27(23)19-22)30(35)24-5-2-1-3-6-24/h1-3,5-6,8-9,11,18-21H,4,7,10,12-17H2. The molecular weight excluding hydrogens is 469 g/mol. The number of thiophene rings is 1. The number of hydrogen-bond acceptors (Lipinski definition) is 4. The molecule has 4 nitrogen and oxygen atoms in total. The van der Waals surface area contributed by atoms with E-state index in [9.17, 15) is 9.18 Å². The molecule has 6 rings (SSSR count).